The Morgan fingerprint density at radius 2 is 1.93 bits per heavy atom. The van der Waals surface area contributed by atoms with Gasteiger partial charge in [-0.25, -0.2) is 0 Å². The number of rotatable bonds is 4. The summed E-state index contributed by atoms with van der Waals surface area (Å²) in [5.41, 5.74) is 1.01. The third-order valence-corrected chi connectivity index (χ3v) is 3.04. The smallest absolute Gasteiger partial charge is 0.0484 e. The summed E-state index contributed by atoms with van der Waals surface area (Å²) in [4.78, 5) is 0. The van der Waals surface area contributed by atoms with Crippen molar-refractivity contribution in [2.24, 2.45) is 5.92 Å². The molecule has 0 unspecified atom stereocenters. The molecular formula is C10H12BrClO2. The maximum atomic E-state index is 8.94. The second-order valence-electron chi connectivity index (χ2n) is 3.17. The van der Waals surface area contributed by atoms with Crippen molar-refractivity contribution in [2.75, 3.05) is 13.2 Å². The molecule has 1 rings (SSSR count). The maximum Gasteiger partial charge on any atom is 0.0484 e. The largest absolute Gasteiger partial charge is 0.396 e. The third-order valence-electron chi connectivity index (χ3n) is 2.03. The van der Waals surface area contributed by atoms with Crippen LogP contribution in [0.2, 0.25) is 5.02 Å². The van der Waals surface area contributed by atoms with Crippen LogP contribution in [0, 0.1) is 5.92 Å². The van der Waals surface area contributed by atoms with Gasteiger partial charge in [-0.3, -0.25) is 0 Å². The standard InChI is InChI=1S/C10H12BrClO2/c11-10-2-1-9(12)4-8(10)3-7(5-13)6-14/h1-2,4,7,13-14H,3,5-6H2. The lowest BCUT2D eigenvalue weighted by Crippen LogP contribution is -2.14. The van der Waals surface area contributed by atoms with Crippen molar-refractivity contribution in [1.29, 1.82) is 0 Å². The topological polar surface area (TPSA) is 40.5 Å². The van der Waals surface area contributed by atoms with E-state index in [4.69, 9.17) is 21.8 Å². The Morgan fingerprint density at radius 1 is 1.29 bits per heavy atom. The van der Waals surface area contributed by atoms with Crippen molar-refractivity contribution in [3.63, 3.8) is 0 Å². The van der Waals surface area contributed by atoms with Crippen LogP contribution in [0.4, 0.5) is 0 Å². The highest BCUT2D eigenvalue weighted by Crippen LogP contribution is 2.23. The van der Waals surface area contributed by atoms with E-state index in [0.717, 1.165) is 10.0 Å². The first kappa shape index (κ1) is 12.0. The Balaban J connectivity index is 2.79. The quantitative estimate of drug-likeness (QED) is 0.887. The Labute approximate surface area is 96.7 Å². The van der Waals surface area contributed by atoms with Gasteiger partial charge in [-0.05, 0) is 30.2 Å². The van der Waals surface area contributed by atoms with E-state index in [-0.39, 0.29) is 19.1 Å². The van der Waals surface area contributed by atoms with Gasteiger partial charge in [-0.15, -0.1) is 0 Å². The third kappa shape index (κ3) is 3.24. The van der Waals surface area contributed by atoms with E-state index in [1.807, 2.05) is 12.1 Å². The van der Waals surface area contributed by atoms with Crippen molar-refractivity contribution in [2.45, 2.75) is 6.42 Å². The van der Waals surface area contributed by atoms with Gasteiger partial charge in [-0.2, -0.15) is 0 Å². The number of halogens is 2. The molecule has 0 aliphatic heterocycles. The summed E-state index contributed by atoms with van der Waals surface area (Å²) in [6, 6.07) is 5.50. The fourth-order valence-corrected chi connectivity index (χ4v) is 1.80. The van der Waals surface area contributed by atoms with Gasteiger partial charge in [0.25, 0.3) is 0 Å². The molecule has 0 spiro atoms. The van der Waals surface area contributed by atoms with Gasteiger partial charge in [0.05, 0.1) is 0 Å². The van der Waals surface area contributed by atoms with Crippen molar-refractivity contribution < 1.29 is 10.2 Å². The van der Waals surface area contributed by atoms with Gasteiger partial charge >= 0.3 is 0 Å². The van der Waals surface area contributed by atoms with E-state index in [0.29, 0.717) is 11.4 Å². The van der Waals surface area contributed by atoms with Gasteiger partial charge in [0, 0.05) is 28.6 Å². The highest BCUT2D eigenvalue weighted by Gasteiger charge is 2.09. The fourth-order valence-electron chi connectivity index (χ4n) is 1.20. The predicted octanol–water partition coefficient (Wildman–Crippen LogP) is 2.25. The minimum atomic E-state index is -0.121. The molecule has 0 amide bonds. The van der Waals surface area contributed by atoms with Crippen LogP contribution in [-0.4, -0.2) is 23.4 Å². The van der Waals surface area contributed by atoms with Crippen LogP contribution in [-0.2, 0) is 6.42 Å². The monoisotopic (exact) mass is 278 g/mol. The Hall–Kier alpha value is -0.0900. The summed E-state index contributed by atoms with van der Waals surface area (Å²) in [6.45, 7) is -0.0368. The zero-order chi connectivity index (χ0) is 10.6. The van der Waals surface area contributed by atoms with E-state index < -0.39 is 0 Å². The van der Waals surface area contributed by atoms with Crippen molar-refractivity contribution in [1.82, 2.24) is 0 Å². The van der Waals surface area contributed by atoms with E-state index in [1.54, 1.807) is 6.07 Å². The molecule has 0 bridgehead atoms. The molecule has 0 heterocycles. The number of aliphatic hydroxyl groups is 2. The molecule has 4 heteroatoms. The SMILES string of the molecule is OCC(CO)Cc1cc(Cl)ccc1Br. The molecule has 0 saturated carbocycles. The molecule has 0 saturated heterocycles. The molecule has 0 aliphatic rings. The summed E-state index contributed by atoms with van der Waals surface area (Å²) < 4.78 is 0.953. The van der Waals surface area contributed by atoms with Crippen molar-refractivity contribution in [3.05, 3.63) is 33.3 Å². The molecule has 1 aromatic carbocycles. The second-order valence-corrected chi connectivity index (χ2v) is 4.46. The van der Waals surface area contributed by atoms with Gasteiger partial charge in [0.1, 0.15) is 0 Å². The summed E-state index contributed by atoms with van der Waals surface area (Å²) in [6.07, 6.45) is 0.619. The molecule has 0 radical (unpaired) electrons. The van der Waals surface area contributed by atoms with Gasteiger partial charge < -0.3 is 10.2 Å². The molecule has 2 N–H and O–H groups in total. The van der Waals surface area contributed by atoms with E-state index >= 15 is 0 Å². The average Bonchev–Trinajstić information content (AvgIpc) is 2.19. The Morgan fingerprint density at radius 3 is 2.50 bits per heavy atom. The molecule has 0 aliphatic carbocycles. The normalized spacial score (nSPS) is 10.9. The van der Waals surface area contributed by atoms with Crippen LogP contribution in [0.25, 0.3) is 0 Å². The molecule has 14 heavy (non-hydrogen) atoms. The van der Waals surface area contributed by atoms with Crippen LogP contribution in [0.1, 0.15) is 5.56 Å². The predicted molar refractivity (Wildman–Crippen MR) is 60.5 cm³/mol. The number of aliphatic hydroxyl groups excluding tert-OH is 2. The molecule has 0 atom stereocenters. The zero-order valence-electron chi connectivity index (χ0n) is 7.58. The number of benzene rings is 1. The highest BCUT2D eigenvalue weighted by molar-refractivity contribution is 9.10. The first-order valence-corrected chi connectivity index (χ1v) is 5.50. The van der Waals surface area contributed by atoms with Gasteiger partial charge in [0.15, 0.2) is 0 Å². The summed E-state index contributed by atoms with van der Waals surface area (Å²) in [5.74, 6) is -0.121. The lowest BCUT2D eigenvalue weighted by molar-refractivity contribution is 0.150. The zero-order valence-corrected chi connectivity index (χ0v) is 9.92. The van der Waals surface area contributed by atoms with E-state index in [9.17, 15) is 0 Å². The van der Waals surface area contributed by atoms with Crippen LogP contribution in [0.15, 0.2) is 22.7 Å². The van der Waals surface area contributed by atoms with Gasteiger partial charge in [-0.1, -0.05) is 27.5 Å². The number of hydrogen-bond donors (Lipinski definition) is 2. The molecule has 78 valence electrons. The molecule has 1 aromatic rings. The number of hydrogen-bond acceptors (Lipinski definition) is 2. The minimum absolute atomic E-state index is 0.0184. The first-order valence-electron chi connectivity index (χ1n) is 4.33. The Kier molecular flexibility index (Phi) is 4.89. The lowest BCUT2D eigenvalue weighted by atomic mass is 10.0. The fraction of sp³-hybridized carbons (Fsp3) is 0.400. The van der Waals surface area contributed by atoms with Gasteiger partial charge in [0.2, 0.25) is 0 Å². The minimum Gasteiger partial charge on any atom is -0.396 e. The molecular weight excluding hydrogens is 267 g/mol. The van der Waals surface area contributed by atoms with Crippen molar-refractivity contribution >= 4 is 27.5 Å². The van der Waals surface area contributed by atoms with Crippen LogP contribution < -0.4 is 0 Å². The lowest BCUT2D eigenvalue weighted by Gasteiger charge is -2.12. The Bertz CT molecular complexity index is 300. The summed E-state index contributed by atoms with van der Waals surface area (Å²) >= 11 is 9.24. The van der Waals surface area contributed by atoms with E-state index in [1.165, 1.54) is 0 Å². The van der Waals surface area contributed by atoms with Crippen LogP contribution >= 0.6 is 27.5 Å². The first-order chi connectivity index (χ1) is 6.67. The van der Waals surface area contributed by atoms with Crippen LogP contribution in [0.5, 0.6) is 0 Å². The second kappa shape index (κ2) is 5.71. The average molecular weight is 280 g/mol. The molecule has 0 aromatic heterocycles. The highest BCUT2D eigenvalue weighted by atomic mass is 79.9. The molecule has 0 fully saturated rings. The van der Waals surface area contributed by atoms with Crippen LogP contribution in [0.3, 0.4) is 0 Å². The van der Waals surface area contributed by atoms with E-state index in [2.05, 4.69) is 15.9 Å². The van der Waals surface area contributed by atoms with Crippen molar-refractivity contribution in [3.8, 4) is 0 Å². The maximum absolute atomic E-state index is 8.94. The summed E-state index contributed by atoms with van der Waals surface area (Å²) in [7, 11) is 0. The molecule has 2 nitrogen and oxygen atoms in total. The summed E-state index contributed by atoms with van der Waals surface area (Å²) in [5, 5.41) is 18.5.